The highest BCUT2D eigenvalue weighted by molar-refractivity contribution is 6.54. The molecule has 3 saturated heterocycles. The average molecular weight is 1070 g/mol. The number of halogens is 4. The van der Waals surface area contributed by atoms with Crippen molar-refractivity contribution in [3.8, 4) is 0 Å². The van der Waals surface area contributed by atoms with E-state index >= 15 is 0 Å². The Labute approximate surface area is 420 Å². The maximum Gasteiger partial charge on any atom is 0.320 e. The van der Waals surface area contributed by atoms with Crippen LogP contribution in [0.5, 0.6) is 0 Å². The Bertz CT molecular complexity index is 2690. The molecular weight excluding hydrogens is 1030 g/mol. The summed E-state index contributed by atoms with van der Waals surface area (Å²) in [7, 11) is 0. The van der Waals surface area contributed by atoms with Gasteiger partial charge in [0.15, 0.2) is 5.82 Å². The highest BCUT2D eigenvalue weighted by atomic mass is 35.5. The fourth-order valence-electron chi connectivity index (χ4n) is 8.51. The minimum absolute atomic E-state index is 0.00384. The van der Waals surface area contributed by atoms with Crippen LogP contribution >= 0.6 is 46.4 Å². The van der Waals surface area contributed by atoms with E-state index in [-0.39, 0.29) is 88.3 Å². The van der Waals surface area contributed by atoms with Crippen molar-refractivity contribution in [3.63, 3.8) is 0 Å². The maximum absolute atomic E-state index is 13.5. The number of rotatable bonds is 9. The van der Waals surface area contributed by atoms with Crippen LogP contribution in [0.2, 0.25) is 20.1 Å². The molecule has 4 unspecified atom stereocenters. The molecule has 0 aliphatic carbocycles. The van der Waals surface area contributed by atoms with E-state index in [1.807, 2.05) is 0 Å². The molecule has 7 heterocycles. The van der Waals surface area contributed by atoms with E-state index in [9.17, 15) is 53.7 Å². The van der Waals surface area contributed by atoms with Gasteiger partial charge in [0.05, 0.1) is 56.9 Å². The molecule has 7 atom stereocenters. The standard InChI is InChI=1S/C18H17Cl2N7O5.C8H3Cl2NO2.C6H8N4O3.C6H11NO3.C2H6O/c1-17(32)4-9-10(13(28)22-16-23-25-26-24-16)11(14(29)30)18(27(9)5-17)7-2-6(19)3-8(20)12(7)21-15(18)31;9-3-1-4-6(5(10)2-3)11-8(13)7(4)12;11-4(1-2-6(12)13)3-5-7-9-10-8-5;1-6(10)2-4(5(8)9)7-3-6;1-2-3/h2-3,9-11,32H,4-5H2,1H3,(H,21,31)(H,29,30)(H2,22,23,24,25,26,28);1-2H,(H,11,12,13);1-3H2,(H,12,13)(H,7,8,9,10);4,7,10H,2-3H2,1H3,(H,8,9);3H,2H2,1H3/t9?,10?,11?,17-,18?;;;4-,6-;/m0..0./s1. The molecule has 3 fully saturated rings. The number of Topliss-reactive ketones (excluding diaryl/α,β-unsaturated/α-hetero) is 2. The first-order valence-corrected chi connectivity index (χ1v) is 22.4. The Morgan fingerprint density at radius 3 is 1.97 bits per heavy atom. The van der Waals surface area contributed by atoms with Crippen LogP contribution in [0, 0.1) is 11.8 Å². The lowest BCUT2D eigenvalue weighted by molar-refractivity contribution is -0.152. The van der Waals surface area contributed by atoms with Crippen LogP contribution < -0.4 is 21.3 Å². The molecule has 5 aliphatic heterocycles. The molecule has 382 valence electrons. The Kier molecular flexibility index (Phi) is 17.9. The Hall–Kier alpha value is -6.30. The Morgan fingerprint density at radius 2 is 1.44 bits per heavy atom. The first-order chi connectivity index (χ1) is 33.3. The number of carboxylic acid groups (broad SMARTS) is 3. The van der Waals surface area contributed by atoms with Gasteiger partial charge in [-0.1, -0.05) is 56.7 Å². The van der Waals surface area contributed by atoms with Gasteiger partial charge in [0.1, 0.15) is 23.3 Å². The number of β-amino-alcohol motifs (C(OH)–C–C–N with tert-alkyl or cyclic N) is 1. The van der Waals surface area contributed by atoms with Gasteiger partial charge in [-0.25, -0.2) is 0 Å². The zero-order valence-electron chi connectivity index (χ0n) is 37.4. The summed E-state index contributed by atoms with van der Waals surface area (Å²) in [6, 6.07) is 4.45. The number of nitrogens with one attached hydrogen (secondary N) is 6. The fourth-order valence-corrected chi connectivity index (χ4v) is 9.59. The SMILES string of the molecule is CCO.C[C@@]1(O)CN[C@H](C(=O)O)C1.C[C@]1(O)CC2C(C(=O)Nc3nn[nH]n3)C(C(=O)O)C3(C(=O)Nc4c(Cl)cc(Cl)cc43)N2C1.O=C(O)CCC(=O)Cc1nn[nH]n1.O=C1Nc2c(Cl)cc(Cl)cc2C1=O. The third kappa shape index (κ3) is 12.8. The van der Waals surface area contributed by atoms with E-state index in [0.29, 0.717) is 23.7 Å². The molecule has 0 saturated carbocycles. The molecule has 12 N–H and O–H groups in total. The second-order valence-electron chi connectivity index (χ2n) is 16.8. The van der Waals surface area contributed by atoms with Crippen molar-refractivity contribution < 1.29 is 69.0 Å². The third-order valence-electron chi connectivity index (χ3n) is 11.2. The number of anilines is 3. The number of tetrazole rings is 2. The summed E-state index contributed by atoms with van der Waals surface area (Å²) in [6.07, 6.45) is 0.243. The van der Waals surface area contributed by atoms with E-state index in [1.165, 1.54) is 24.3 Å². The molecule has 0 radical (unpaired) electrons. The second kappa shape index (κ2) is 22.8. The topological polar surface area (TPSA) is 418 Å². The van der Waals surface area contributed by atoms with Crippen molar-refractivity contribution in [3.05, 3.63) is 61.3 Å². The number of H-pyrrole nitrogens is 2. The van der Waals surface area contributed by atoms with Gasteiger partial charge in [0.25, 0.3) is 23.5 Å². The van der Waals surface area contributed by atoms with Crippen LogP contribution in [-0.4, -0.2) is 167 Å². The number of fused-ring (bicyclic) bond motifs is 5. The van der Waals surface area contributed by atoms with Crippen LogP contribution in [0.1, 0.15) is 68.2 Å². The smallest absolute Gasteiger partial charge is 0.320 e. The molecule has 1 spiro atoms. The zero-order chi connectivity index (χ0) is 52.7. The normalized spacial score (nSPS) is 25.3. The summed E-state index contributed by atoms with van der Waals surface area (Å²) in [5.41, 5.74) is -2.84. The number of aliphatic hydroxyl groups is 3. The largest absolute Gasteiger partial charge is 0.481 e. The van der Waals surface area contributed by atoms with Crippen LogP contribution in [0.3, 0.4) is 0 Å². The van der Waals surface area contributed by atoms with E-state index in [2.05, 4.69) is 62.5 Å². The molecular formula is C40H45Cl4N13O14. The van der Waals surface area contributed by atoms with Crippen LogP contribution in [0.4, 0.5) is 17.3 Å². The summed E-state index contributed by atoms with van der Waals surface area (Å²) in [5, 5.41) is 91.4. The quantitative estimate of drug-likeness (QED) is 0.104. The van der Waals surface area contributed by atoms with Crippen LogP contribution in [0.15, 0.2) is 24.3 Å². The number of ketones is 2. The summed E-state index contributed by atoms with van der Waals surface area (Å²) >= 11 is 23.9. The lowest BCUT2D eigenvalue weighted by Gasteiger charge is -2.36. The number of carbonyl (C=O) groups is 8. The predicted octanol–water partition coefficient (Wildman–Crippen LogP) is 0.935. The van der Waals surface area contributed by atoms with Crippen LogP contribution in [0.25, 0.3) is 0 Å². The molecule has 4 aromatic rings. The number of amides is 3. The van der Waals surface area contributed by atoms with Gasteiger partial charge in [-0.2, -0.15) is 10.4 Å². The van der Waals surface area contributed by atoms with Crippen molar-refractivity contribution in [1.29, 1.82) is 0 Å². The highest BCUT2D eigenvalue weighted by Gasteiger charge is 2.73. The number of nitrogens with zero attached hydrogens (tertiary/aromatic N) is 7. The van der Waals surface area contributed by atoms with Gasteiger partial charge < -0.3 is 46.6 Å². The predicted molar refractivity (Wildman–Crippen MR) is 247 cm³/mol. The second-order valence-corrected chi connectivity index (χ2v) is 18.5. The molecule has 71 heavy (non-hydrogen) atoms. The maximum atomic E-state index is 13.5. The van der Waals surface area contributed by atoms with Crippen LogP contribution in [-0.2, 0) is 45.5 Å². The van der Waals surface area contributed by atoms with Crippen molar-refractivity contribution in [1.82, 2.24) is 51.5 Å². The minimum atomic E-state index is -1.81. The first-order valence-electron chi connectivity index (χ1n) is 20.9. The van der Waals surface area contributed by atoms with Crippen molar-refractivity contribution in [2.45, 2.75) is 81.7 Å². The molecule has 31 heteroatoms. The molecule has 5 aliphatic rings. The van der Waals surface area contributed by atoms with E-state index in [0.717, 1.165) is 0 Å². The van der Waals surface area contributed by atoms with E-state index < -0.39 is 82.1 Å². The zero-order valence-corrected chi connectivity index (χ0v) is 40.4. The molecule has 2 aromatic carbocycles. The monoisotopic (exact) mass is 1070 g/mol. The summed E-state index contributed by atoms with van der Waals surface area (Å²) in [4.78, 5) is 94.6. The van der Waals surface area contributed by atoms with Crippen molar-refractivity contribution >= 4 is 111 Å². The van der Waals surface area contributed by atoms with Gasteiger partial charge >= 0.3 is 17.9 Å². The van der Waals surface area contributed by atoms with Gasteiger partial charge in [0.2, 0.25) is 5.91 Å². The number of aliphatic carboxylic acids is 3. The Morgan fingerprint density at radius 1 is 0.817 bits per heavy atom. The third-order valence-corrected chi connectivity index (χ3v) is 12.2. The lowest BCUT2D eigenvalue weighted by Crippen LogP contribution is -2.54. The first kappa shape index (κ1) is 55.6. The van der Waals surface area contributed by atoms with Gasteiger partial charge in [-0.3, -0.25) is 48.6 Å². The van der Waals surface area contributed by atoms with Gasteiger partial charge in [-0.15, -0.1) is 15.3 Å². The summed E-state index contributed by atoms with van der Waals surface area (Å²) in [6.45, 7) is 5.46. The number of carboxylic acids is 3. The Balaban J connectivity index is 0.000000198. The lowest BCUT2D eigenvalue weighted by atomic mass is 9.73. The van der Waals surface area contributed by atoms with E-state index in [4.69, 9.17) is 61.7 Å². The number of aromatic nitrogens is 8. The highest BCUT2D eigenvalue weighted by Crippen LogP contribution is 2.60. The number of carbonyl (C=O) groups excluding carboxylic acids is 5. The minimum Gasteiger partial charge on any atom is -0.481 e. The number of hydrogen-bond donors (Lipinski definition) is 12. The number of aliphatic hydroxyl groups excluding tert-OH is 1. The van der Waals surface area contributed by atoms with Gasteiger partial charge in [0, 0.05) is 54.2 Å². The molecule has 0 bridgehead atoms. The number of hydrogen-bond acceptors (Lipinski definition) is 19. The van der Waals surface area contributed by atoms with Crippen molar-refractivity contribution in [2.75, 3.05) is 35.6 Å². The molecule has 2 aromatic heterocycles. The molecule has 27 nitrogen and oxygen atoms in total. The van der Waals surface area contributed by atoms with Crippen molar-refractivity contribution in [2.24, 2.45) is 11.8 Å². The van der Waals surface area contributed by atoms with Gasteiger partial charge in [-0.05, 0) is 56.7 Å². The molecule has 9 rings (SSSR count). The summed E-state index contributed by atoms with van der Waals surface area (Å²) in [5.74, 6) is -8.65. The summed E-state index contributed by atoms with van der Waals surface area (Å²) < 4.78 is 0. The average Bonchev–Trinajstić information content (AvgIpc) is 4.16. The van der Waals surface area contributed by atoms with E-state index in [1.54, 1.807) is 25.7 Å². The molecule has 3 amide bonds. The number of aromatic amines is 2. The number of benzene rings is 2. The fraction of sp³-hybridized carbons (Fsp3) is 0.450.